The van der Waals surface area contributed by atoms with Crippen LogP contribution in [-0.4, -0.2) is 37.9 Å². The minimum Gasteiger partial charge on any atom is -0.462 e. The highest BCUT2D eigenvalue weighted by atomic mass is 16.6. The van der Waals surface area contributed by atoms with Crippen LogP contribution in [0.1, 0.15) is 188 Å². The van der Waals surface area contributed by atoms with Gasteiger partial charge in [-0.3, -0.25) is 9.59 Å². The fourth-order valence-corrected chi connectivity index (χ4v) is 5.82. The Morgan fingerprint density at radius 1 is 0.397 bits per heavy atom. The Morgan fingerprint density at radius 2 is 0.776 bits per heavy atom. The molecule has 0 amide bonds. The van der Waals surface area contributed by atoms with Crippen LogP contribution in [0.3, 0.4) is 0 Å². The molecule has 0 rings (SSSR count). The van der Waals surface area contributed by atoms with E-state index in [2.05, 4.69) is 130 Å². The van der Waals surface area contributed by atoms with Gasteiger partial charge in [-0.15, -0.1) is 0 Å². The molecule has 0 fully saturated rings. The van der Waals surface area contributed by atoms with Gasteiger partial charge in [-0.1, -0.05) is 169 Å². The molecule has 0 aromatic heterocycles. The topological polar surface area (TPSA) is 61.8 Å². The fraction of sp³-hybridized carbons (Fsp3) is 0.623. The number of rotatable bonds is 41. The van der Waals surface area contributed by atoms with E-state index in [1.165, 1.54) is 32.1 Å². The van der Waals surface area contributed by atoms with E-state index in [9.17, 15) is 9.59 Å². The largest absolute Gasteiger partial charge is 0.462 e. The van der Waals surface area contributed by atoms with Crippen molar-refractivity contribution < 1.29 is 23.8 Å². The molecule has 0 aromatic carbocycles. The summed E-state index contributed by atoms with van der Waals surface area (Å²) in [6.07, 6.45) is 65.3. The van der Waals surface area contributed by atoms with Gasteiger partial charge in [0.05, 0.1) is 6.61 Å². The number of hydrogen-bond donors (Lipinski definition) is 0. The summed E-state index contributed by atoms with van der Waals surface area (Å²) in [7, 11) is 0. The molecule has 0 saturated heterocycles. The molecule has 1 unspecified atom stereocenters. The highest BCUT2D eigenvalue weighted by Gasteiger charge is 2.17. The maximum atomic E-state index is 12.7. The first-order valence-corrected chi connectivity index (χ1v) is 23.4. The summed E-state index contributed by atoms with van der Waals surface area (Å²) in [6.45, 7) is 7.40. The lowest BCUT2D eigenvalue weighted by molar-refractivity contribution is -0.163. The lowest BCUT2D eigenvalue weighted by Crippen LogP contribution is -2.30. The van der Waals surface area contributed by atoms with Crippen molar-refractivity contribution in [1.82, 2.24) is 0 Å². The van der Waals surface area contributed by atoms with Crippen LogP contribution in [0, 0.1) is 0 Å². The molecule has 0 saturated carbocycles. The molecule has 1 atom stereocenters. The van der Waals surface area contributed by atoms with Crippen molar-refractivity contribution in [2.45, 2.75) is 194 Å². The first kappa shape index (κ1) is 54.6. The van der Waals surface area contributed by atoms with Crippen molar-refractivity contribution in [3.05, 3.63) is 109 Å². The van der Waals surface area contributed by atoms with Gasteiger partial charge in [-0.2, -0.15) is 0 Å². The summed E-state index contributed by atoms with van der Waals surface area (Å²) >= 11 is 0. The summed E-state index contributed by atoms with van der Waals surface area (Å²) in [5.74, 6) is -0.477. The van der Waals surface area contributed by atoms with Crippen LogP contribution in [0.2, 0.25) is 0 Å². The number of esters is 2. The van der Waals surface area contributed by atoms with Crippen molar-refractivity contribution in [1.29, 1.82) is 0 Å². The number of allylic oxidation sites excluding steroid dienone is 18. The molecule has 0 aliphatic heterocycles. The second-order valence-electron chi connectivity index (χ2n) is 14.9. The zero-order valence-electron chi connectivity index (χ0n) is 37.5. The minimum atomic E-state index is -0.580. The Bertz CT molecular complexity index is 1180. The number of ether oxygens (including phenoxy) is 3. The molecule has 5 nitrogen and oxygen atoms in total. The second-order valence-corrected chi connectivity index (χ2v) is 14.9. The van der Waals surface area contributed by atoms with Crippen molar-refractivity contribution in [3.8, 4) is 0 Å². The molecule has 0 spiro atoms. The van der Waals surface area contributed by atoms with Crippen LogP contribution in [-0.2, 0) is 23.8 Å². The number of hydrogen-bond acceptors (Lipinski definition) is 5. The zero-order valence-corrected chi connectivity index (χ0v) is 37.5. The van der Waals surface area contributed by atoms with Crippen molar-refractivity contribution in [2.75, 3.05) is 19.8 Å². The standard InChI is InChI=1S/C53H86O5/c1-4-7-10-13-16-19-22-24-25-26-27-28-30-33-36-39-42-45-48-56-49-51(58-53(55)47-44-41-38-35-31-21-18-15-12-9-6-3)50-57-52(54)46-43-40-37-34-32-29-23-20-17-14-11-8-5-2/h7-8,10-11,15-20,24-25,27-29,32-33,36,51H,4-6,9,12-14,21-23,26,30-31,34-35,37-50H2,1-3H3/b10-7-,11-8-,18-15-,19-16-,20-17-,25-24-,28-27-,32-29-,36-33-. The van der Waals surface area contributed by atoms with Gasteiger partial charge in [0.15, 0.2) is 6.10 Å². The van der Waals surface area contributed by atoms with Crippen molar-refractivity contribution >= 4 is 11.9 Å². The van der Waals surface area contributed by atoms with Gasteiger partial charge < -0.3 is 14.2 Å². The Morgan fingerprint density at radius 3 is 1.28 bits per heavy atom. The normalized spacial score (nSPS) is 13.2. The van der Waals surface area contributed by atoms with E-state index >= 15 is 0 Å². The smallest absolute Gasteiger partial charge is 0.306 e. The molecular weight excluding hydrogens is 717 g/mol. The lowest BCUT2D eigenvalue weighted by atomic mass is 10.1. The Balaban J connectivity index is 4.41. The highest BCUT2D eigenvalue weighted by Crippen LogP contribution is 2.11. The molecule has 5 heteroatoms. The predicted molar refractivity (Wildman–Crippen MR) is 251 cm³/mol. The van der Waals surface area contributed by atoms with Crippen LogP contribution >= 0.6 is 0 Å². The Kier molecular flexibility index (Phi) is 45.1. The third-order valence-corrected chi connectivity index (χ3v) is 9.27. The van der Waals surface area contributed by atoms with E-state index in [1.807, 2.05) is 0 Å². The van der Waals surface area contributed by atoms with Gasteiger partial charge in [0, 0.05) is 19.4 Å². The molecule has 0 bridgehead atoms. The summed E-state index contributed by atoms with van der Waals surface area (Å²) in [5.41, 5.74) is 0. The van der Waals surface area contributed by atoms with Crippen LogP contribution < -0.4 is 0 Å². The van der Waals surface area contributed by atoms with Gasteiger partial charge in [-0.05, 0) is 116 Å². The van der Waals surface area contributed by atoms with Crippen LogP contribution in [0.4, 0.5) is 0 Å². The number of unbranched alkanes of at least 4 members (excludes halogenated alkanes) is 12. The summed E-state index contributed by atoms with van der Waals surface area (Å²) in [4.78, 5) is 25.2. The SMILES string of the molecule is CC/C=C\C/C=C\C/C=C\C/C=C\C/C=C\CCCCOCC(COC(=O)CCCCC/C=C\C/C=C\C/C=C\CC)OC(=O)CCCCCCC/C=C\CCCC. The average molecular weight is 803 g/mol. The van der Waals surface area contributed by atoms with E-state index in [1.54, 1.807) is 0 Å². The van der Waals surface area contributed by atoms with E-state index in [-0.39, 0.29) is 25.2 Å². The second kappa shape index (κ2) is 47.9. The summed E-state index contributed by atoms with van der Waals surface area (Å²) in [5, 5.41) is 0. The monoisotopic (exact) mass is 803 g/mol. The lowest BCUT2D eigenvalue weighted by Gasteiger charge is -2.18. The van der Waals surface area contributed by atoms with Gasteiger partial charge in [0.2, 0.25) is 0 Å². The van der Waals surface area contributed by atoms with E-state index < -0.39 is 6.10 Å². The molecule has 0 N–H and O–H groups in total. The molecule has 0 aliphatic carbocycles. The van der Waals surface area contributed by atoms with Crippen molar-refractivity contribution in [2.24, 2.45) is 0 Å². The third-order valence-electron chi connectivity index (χ3n) is 9.27. The zero-order chi connectivity index (χ0) is 42.1. The quantitative estimate of drug-likeness (QED) is 0.0350. The summed E-state index contributed by atoms with van der Waals surface area (Å²) in [6, 6.07) is 0. The highest BCUT2D eigenvalue weighted by molar-refractivity contribution is 5.70. The van der Waals surface area contributed by atoms with Gasteiger partial charge in [0.1, 0.15) is 6.61 Å². The third kappa shape index (κ3) is 45.3. The Labute approximate surface area is 357 Å². The van der Waals surface area contributed by atoms with Gasteiger partial charge in [0.25, 0.3) is 0 Å². The van der Waals surface area contributed by atoms with Crippen LogP contribution in [0.25, 0.3) is 0 Å². The first-order valence-electron chi connectivity index (χ1n) is 23.4. The predicted octanol–water partition coefficient (Wildman–Crippen LogP) is 15.7. The van der Waals surface area contributed by atoms with Crippen LogP contribution in [0.15, 0.2) is 109 Å². The fourth-order valence-electron chi connectivity index (χ4n) is 5.82. The molecular formula is C53H86O5. The van der Waals surface area contributed by atoms with E-state index in [0.717, 1.165) is 122 Å². The molecule has 58 heavy (non-hydrogen) atoms. The molecule has 0 aromatic rings. The molecule has 328 valence electrons. The minimum absolute atomic E-state index is 0.0425. The van der Waals surface area contributed by atoms with Crippen molar-refractivity contribution in [3.63, 3.8) is 0 Å². The van der Waals surface area contributed by atoms with Gasteiger partial charge in [-0.25, -0.2) is 0 Å². The average Bonchev–Trinajstić information content (AvgIpc) is 3.22. The maximum absolute atomic E-state index is 12.7. The van der Waals surface area contributed by atoms with E-state index in [0.29, 0.717) is 19.4 Å². The number of carbonyl (C=O) groups excluding carboxylic acids is 2. The summed E-state index contributed by atoms with van der Waals surface area (Å²) < 4.78 is 17.2. The Hall–Kier alpha value is -3.44. The molecule has 0 heterocycles. The van der Waals surface area contributed by atoms with Crippen LogP contribution in [0.5, 0.6) is 0 Å². The number of carbonyl (C=O) groups is 2. The van der Waals surface area contributed by atoms with E-state index in [4.69, 9.17) is 14.2 Å². The molecule has 0 aliphatic rings. The maximum Gasteiger partial charge on any atom is 0.306 e. The van der Waals surface area contributed by atoms with Gasteiger partial charge >= 0.3 is 11.9 Å². The first-order chi connectivity index (χ1) is 28.6. The molecule has 0 radical (unpaired) electrons.